The van der Waals surface area contributed by atoms with Crippen molar-refractivity contribution in [1.29, 1.82) is 0 Å². The van der Waals surface area contributed by atoms with Crippen LogP contribution in [0.5, 0.6) is 0 Å². The third kappa shape index (κ3) is 3.04. The molecular weight excluding hydrogens is 180 g/mol. The van der Waals surface area contributed by atoms with Gasteiger partial charge in [0.05, 0.1) is 0 Å². The molecule has 14 heavy (non-hydrogen) atoms. The summed E-state index contributed by atoms with van der Waals surface area (Å²) in [7, 11) is 2.07. The fourth-order valence-corrected chi connectivity index (χ4v) is 1.97. The van der Waals surface area contributed by atoms with Crippen LogP contribution in [0.4, 0.5) is 0 Å². The number of aliphatic hydroxyl groups is 1. The second-order valence-electron chi connectivity index (χ2n) is 4.24. The fourth-order valence-electron chi connectivity index (χ4n) is 1.97. The number of ketones is 1. The Bertz CT molecular complexity index is 208. The Kier molecular flexibility index (Phi) is 4.04. The Balaban J connectivity index is 2.46. The molecule has 4 nitrogen and oxygen atoms in total. The molecule has 1 rings (SSSR count). The van der Waals surface area contributed by atoms with Crippen LogP contribution >= 0.6 is 0 Å². The number of nitrogens with zero attached hydrogens (tertiary/aromatic N) is 2. The van der Waals surface area contributed by atoms with E-state index in [2.05, 4.69) is 18.9 Å². The summed E-state index contributed by atoms with van der Waals surface area (Å²) in [5.74, 6) is 0.0450. The predicted octanol–water partition coefficient (Wildman–Crippen LogP) is -0.0802. The van der Waals surface area contributed by atoms with Crippen molar-refractivity contribution >= 4 is 5.78 Å². The summed E-state index contributed by atoms with van der Waals surface area (Å²) < 4.78 is 0. The molecule has 1 fully saturated rings. The average Bonchev–Trinajstić information content (AvgIpc) is 2.01. The standard InChI is InChI=1S/C10H20N2O2/c1-8-7-11(3)4-5-12(8)10(14)6-9(2)13/h8,10,14H,4-7H2,1-3H3/t8-,10?/m0/s1. The van der Waals surface area contributed by atoms with Crippen LogP contribution < -0.4 is 0 Å². The SMILES string of the molecule is CC(=O)CC(O)N1CCN(C)C[C@@H]1C. The maximum atomic E-state index is 10.9. The highest BCUT2D eigenvalue weighted by molar-refractivity contribution is 5.75. The minimum absolute atomic E-state index is 0.0450. The van der Waals surface area contributed by atoms with E-state index in [9.17, 15) is 9.90 Å². The summed E-state index contributed by atoms with van der Waals surface area (Å²) in [6.45, 7) is 6.35. The molecule has 0 aromatic heterocycles. The highest BCUT2D eigenvalue weighted by Gasteiger charge is 2.27. The van der Waals surface area contributed by atoms with Gasteiger partial charge in [0.25, 0.3) is 0 Å². The molecule has 1 aliphatic rings. The lowest BCUT2D eigenvalue weighted by Gasteiger charge is -2.40. The summed E-state index contributed by atoms with van der Waals surface area (Å²) in [6.07, 6.45) is -0.357. The quantitative estimate of drug-likeness (QED) is 0.692. The van der Waals surface area contributed by atoms with Gasteiger partial charge in [0.2, 0.25) is 0 Å². The van der Waals surface area contributed by atoms with Crippen LogP contribution in [0.25, 0.3) is 0 Å². The third-order valence-electron chi connectivity index (χ3n) is 2.73. The van der Waals surface area contributed by atoms with Crippen molar-refractivity contribution in [3.8, 4) is 0 Å². The topological polar surface area (TPSA) is 43.8 Å². The molecule has 1 saturated heterocycles. The van der Waals surface area contributed by atoms with Crippen molar-refractivity contribution in [2.75, 3.05) is 26.7 Å². The van der Waals surface area contributed by atoms with E-state index in [1.807, 2.05) is 4.90 Å². The second-order valence-corrected chi connectivity index (χ2v) is 4.24. The smallest absolute Gasteiger partial charge is 0.133 e. The molecule has 0 spiro atoms. The molecule has 1 unspecified atom stereocenters. The first kappa shape index (κ1) is 11.6. The molecule has 1 aliphatic heterocycles. The van der Waals surface area contributed by atoms with Gasteiger partial charge in [-0.1, -0.05) is 0 Å². The monoisotopic (exact) mass is 200 g/mol. The number of likely N-dealkylation sites (N-methyl/N-ethyl adjacent to an activating group) is 1. The summed E-state index contributed by atoms with van der Waals surface area (Å²) in [6, 6.07) is 0.322. The lowest BCUT2D eigenvalue weighted by molar-refractivity contribution is -0.124. The van der Waals surface area contributed by atoms with Crippen LogP contribution in [0.15, 0.2) is 0 Å². The molecular formula is C10H20N2O2. The van der Waals surface area contributed by atoms with Gasteiger partial charge in [-0.25, -0.2) is 0 Å². The van der Waals surface area contributed by atoms with E-state index in [0.717, 1.165) is 19.6 Å². The van der Waals surface area contributed by atoms with Gasteiger partial charge in [0, 0.05) is 32.1 Å². The molecule has 0 radical (unpaired) electrons. The minimum Gasteiger partial charge on any atom is -0.378 e. The Morgan fingerprint density at radius 1 is 1.57 bits per heavy atom. The van der Waals surface area contributed by atoms with Crippen molar-refractivity contribution in [2.24, 2.45) is 0 Å². The molecule has 0 saturated carbocycles. The molecule has 2 atom stereocenters. The first-order chi connectivity index (χ1) is 6.50. The first-order valence-electron chi connectivity index (χ1n) is 5.12. The van der Waals surface area contributed by atoms with E-state index in [4.69, 9.17) is 0 Å². The number of carbonyl (C=O) groups is 1. The second kappa shape index (κ2) is 4.87. The summed E-state index contributed by atoms with van der Waals surface area (Å²) in [5.41, 5.74) is 0. The van der Waals surface area contributed by atoms with Crippen molar-refractivity contribution in [1.82, 2.24) is 9.80 Å². The summed E-state index contributed by atoms with van der Waals surface area (Å²) in [4.78, 5) is 15.1. The molecule has 1 N–H and O–H groups in total. The van der Waals surface area contributed by atoms with Crippen LogP contribution in [0, 0.1) is 0 Å². The normalized spacial score (nSPS) is 27.6. The zero-order valence-electron chi connectivity index (χ0n) is 9.23. The fraction of sp³-hybridized carbons (Fsp3) is 0.900. The molecule has 0 bridgehead atoms. The lowest BCUT2D eigenvalue weighted by Crippen LogP contribution is -2.54. The average molecular weight is 200 g/mol. The van der Waals surface area contributed by atoms with Crippen molar-refractivity contribution in [2.45, 2.75) is 32.5 Å². The Morgan fingerprint density at radius 3 is 2.71 bits per heavy atom. The van der Waals surface area contributed by atoms with E-state index >= 15 is 0 Å². The van der Waals surface area contributed by atoms with E-state index in [1.54, 1.807) is 0 Å². The Hall–Kier alpha value is -0.450. The number of rotatable bonds is 3. The first-order valence-corrected chi connectivity index (χ1v) is 5.12. The van der Waals surface area contributed by atoms with Crippen LogP contribution in [-0.2, 0) is 4.79 Å². The number of hydrogen-bond donors (Lipinski definition) is 1. The number of carbonyl (C=O) groups excluding carboxylic acids is 1. The van der Waals surface area contributed by atoms with Gasteiger partial charge in [0.15, 0.2) is 0 Å². The van der Waals surface area contributed by atoms with Gasteiger partial charge >= 0.3 is 0 Å². The lowest BCUT2D eigenvalue weighted by atomic mass is 10.1. The van der Waals surface area contributed by atoms with Crippen LogP contribution in [0.1, 0.15) is 20.3 Å². The number of hydrogen-bond acceptors (Lipinski definition) is 4. The summed E-state index contributed by atoms with van der Waals surface area (Å²) in [5, 5.41) is 9.79. The Labute approximate surface area is 85.5 Å². The van der Waals surface area contributed by atoms with Crippen LogP contribution in [0.3, 0.4) is 0 Å². The maximum Gasteiger partial charge on any atom is 0.133 e. The minimum atomic E-state index is -0.601. The van der Waals surface area contributed by atoms with E-state index in [-0.39, 0.29) is 12.2 Å². The molecule has 0 amide bonds. The Morgan fingerprint density at radius 2 is 2.21 bits per heavy atom. The largest absolute Gasteiger partial charge is 0.378 e. The van der Waals surface area contributed by atoms with E-state index < -0.39 is 6.23 Å². The van der Waals surface area contributed by atoms with Crippen LogP contribution in [0.2, 0.25) is 0 Å². The molecule has 82 valence electrons. The zero-order valence-corrected chi connectivity index (χ0v) is 9.23. The number of aliphatic hydroxyl groups excluding tert-OH is 1. The highest BCUT2D eigenvalue weighted by atomic mass is 16.3. The maximum absolute atomic E-state index is 10.9. The number of piperazine rings is 1. The van der Waals surface area contributed by atoms with Gasteiger partial charge in [-0.05, 0) is 20.9 Å². The van der Waals surface area contributed by atoms with Crippen LogP contribution in [-0.4, -0.2) is 59.6 Å². The van der Waals surface area contributed by atoms with Crippen molar-refractivity contribution in [3.05, 3.63) is 0 Å². The van der Waals surface area contributed by atoms with Crippen molar-refractivity contribution < 1.29 is 9.90 Å². The highest BCUT2D eigenvalue weighted by Crippen LogP contribution is 2.12. The zero-order chi connectivity index (χ0) is 10.7. The number of Topliss-reactive ketones (excluding diaryl/α,β-unsaturated/α-hetero) is 1. The van der Waals surface area contributed by atoms with Gasteiger partial charge in [0.1, 0.15) is 12.0 Å². The molecule has 0 aromatic carbocycles. The molecule has 1 heterocycles. The van der Waals surface area contributed by atoms with Gasteiger partial charge in [-0.3, -0.25) is 9.69 Å². The van der Waals surface area contributed by atoms with E-state index in [0.29, 0.717) is 6.04 Å². The van der Waals surface area contributed by atoms with Gasteiger partial charge < -0.3 is 10.0 Å². The summed E-state index contributed by atoms with van der Waals surface area (Å²) >= 11 is 0. The van der Waals surface area contributed by atoms with E-state index in [1.165, 1.54) is 6.92 Å². The van der Waals surface area contributed by atoms with Gasteiger partial charge in [-0.2, -0.15) is 0 Å². The molecule has 0 aromatic rings. The van der Waals surface area contributed by atoms with Gasteiger partial charge in [-0.15, -0.1) is 0 Å². The predicted molar refractivity (Wildman–Crippen MR) is 55.0 cm³/mol. The third-order valence-corrected chi connectivity index (χ3v) is 2.73. The molecule has 4 heteroatoms. The van der Waals surface area contributed by atoms with Crippen molar-refractivity contribution in [3.63, 3.8) is 0 Å². The molecule has 0 aliphatic carbocycles.